The standard InChI is InChI=1S/C53H82N6O21/c1-27-12-30(42(69)33(15-27)51(78)54-18-36(63)45(72)48(75)39(66)24-60)21-57-6-4-8-58(22-31-13-28(2)16-34(43(31)70)52(79)55-19-37(64)46(73)49(76)40(67)25-61)10-11-59(9-5-7-57)23-32-14-29(3)17-35(44(32)71)53(80)56-20-38(65)47(74)50(77)41(68)26-62/h12-17,36-41,45-50,60-77H,4-11,18-26H2,1-3H3,(H,54,78)(H,55,79)(H,56,80). The van der Waals surface area contributed by atoms with E-state index in [4.69, 9.17) is 15.3 Å². The van der Waals surface area contributed by atoms with Crippen LogP contribution in [0.2, 0.25) is 0 Å². The van der Waals surface area contributed by atoms with Gasteiger partial charge in [0.05, 0.1) is 54.8 Å². The highest BCUT2D eigenvalue weighted by atomic mass is 16.4. The van der Waals surface area contributed by atoms with Gasteiger partial charge in [-0.1, -0.05) is 18.2 Å². The second-order valence-electron chi connectivity index (χ2n) is 20.5. The lowest BCUT2D eigenvalue weighted by Crippen LogP contribution is -2.49. The van der Waals surface area contributed by atoms with Crippen LogP contribution in [0.25, 0.3) is 0 Å². The van der Waals surface area contributed by atoms with E-state index in [2.05, 4.69) is 20.9 Å². The molecule has 0 bridgehead atoms. The van der Waals surface area contributed by atoms with Crippen molar-refractivity contribution >= 4 is 17.7 Å². The van der Waals surface area contributed by atoms with Crippen molar-refractivity contribution in [1.29, 1.82) is 0 Å². The number of hydrogen-bond acceptors (Lipinski definition) is 24. The molecule has 3 aromatic rings. The van der Waals surface area contributed by atoms with E-state index in [0.29, 0.717) is 85.5 Å². The first-order valence-electron chi connectivity index (χ1n) is 26.2. The smallest absolute Gasteiger partial charge is 0.255 e. The lowest BCUT2D eigenvalue weighted by molar-refractivity contribution is -0.113. The Kier molecular flexibility index (Phi) is 26.8. The zero-order valence-electron chi connectivity index (χ0n) is 45.0. The molecular formula is C53H82N6O21. The molecule has 27 nitrogen and oxygen atoms in total. The van der Waals surface area contributed by atoms with Gasteiger partial charge in [0.1, 0.15) is 72.2 Å². The monoisotopic (exact) mass is 1140 g/mol. The van der Waals surface area contributed by atoms with Crippen molar-refractivity contribution in [1.82, 2.24) is 30.7 Å². The van der Waals surface area contributed by atoms with Crippen molar-refractivity contribution in [2.45, 2.75) is 126 Å². The molecule has 12 atom stereocenters. The average Bonchev–Trinajstić information content (AvgIpc) is 3.49. The Balaban J connectivity index is 1.63. The number of aliphatic hydroxyl groups is 15. The molecule has 12 unspecified atom stereocenters. The number of rotatable bonds is 27. The van der Waals surface area contributed by atoms with Gasteiger partial charge in [-0.15, -0.1) is 0 Å². The van der Waals surface area contributed by atoms with Crippen LogP contribution >= 0.6 is 0 Å². The summed E-state index contributed by atoms with van der Waals surface area (Å²) in [5, 5.41) is 191. The number of nitrogens with one attached hydrogen (secondary N) is 3. The number of aromatic hydroxyl groups is 3. The van der Waals surface area contributed by atoms with Crippen LogP contribution in [0.3, 0.4) is 0 Å². The molecule has 0 aliphatic carbocycles. The maximum Gasteiger partial charge on any atom is 0.255 e. The fourth-order valence-corrected chi connectivity index (χ4v) is 9.22. The number of carbonyl (C=O) groups excluding carboxylic acids is 3. The number of carbonyl (C=O) groups is 3. The molecule has 3 amide bonds. The van der Waals surface area contributed by atoms with Gasteiger partial charge in [0.2, 0.25) is 0 Å². The molecule has 0 radical (unpaired) electrons. The van der Waals surface area contributed by atoms with E-state index in [1.807, 2.05) is 9.80 Å². The molecule has 0 spiro atoms. The Hall–Kier alpha value is -5.25. The van der Waals surface area contributed by atoms with Crippen LogP contribution in [0, 0.1) is 20.8 Å². The highest BCUT2D eigenvalue weighted by Gasteiger charge is 2.34. The minimum Gasteiger partial charge on any atom is -0.507 e. The lowest BCUT2D eigenvalue weighted by atomic mass is 10.0. The van der Waals surface area contributed by atoms with Gasteiger partial charge in [0, 0.05) is 69.0 Å². The molecule has 1 aliphatic rings. The highest BCUT2D eigenvalue weighted by molar-refractivity contribution is 5.98. The second kappa shape index (κ2) is 31.8. The van der Waals surface area contributed by atoms with Gasteiger partial charge in [-0.2, -0.15) is 0 Å². The first-order chi connectivity index (χ1) is 37.7. The SMILES string of the molecule is Cc1cc(CN2CCCN(Cc3cc(C)cc(C(=O)NCC(O)C(O)C(O)C(O)CO)c3O)CCN(Cc3cc(C)cc(C(=O)NCC(O)C(O)C(O)C(O)CO)c3O)CCC2)c(O)c(C(=O)NCC(O)C(O)C(O)C(O)CO)c1. The summed E-state index contributed by atoms with van der Waals surface area (Å²) < 4.78 is 0. The molecule has 1 fully saturated rings. The molecule has 80 heavy (non-hydrogen) atoms. The summed E-state index contributed by atoms with van der Waals surface area (Å²) in [6, 6.07) is 9.33. The maximum atomic E-state index is 13.5. The van der Waals surface area contributed by atoms with Gasteiger partial charge in [-0.3, -0.25) is 29.1 Å². The van der Waals surface area contributed by atoms with Crippen LogP contribution in [0.5, 0.6) is 17.2 Å². The van der Waals surface area contributed by atoms with Crippen LogP contribution < -0.4 is 16.0 Å². The molecule has 27 heteroatoms. The van der Waals surface area contributed by atoms with Crippen molar-refractivity contribution in [3.05, 3.63) is 86.5 Å². The summed E-state index contributed by atoms with van der Waals surface area (Å²) in [7, 11) is 0. The Morgan fingerprint density at radius 2 is 0.613 bits per heavy atom. The van der Waals surface area contributed by atoms with Crippen LogP contribution in [-0.4, -0.2) is 276 Å². The molecule has 1 heterocycles. The van der Waals surface area contributed by atoms with Crippen molar-refractivity contribution in [2.24, 2.45) is 0 Å². The Morgan fingerprint density at radius 3 is 0.850 bits per heavy atom. The third-order valence-electron chi connectivity index (χ3n) is 13.9. The van der Waals surface area contributed by atoms with Crippen LogP contribution in [0.1, 0.15) is 77.3 Å². The number of aryl methyl sites for hydroxylation is 3. The number of nitrogens with zero attached hydrogens (tertiary/aromatic N) is 3. The van der Waals surface area contributed by atoms with Crippen molar-refractivity contribution in [3.8, 4) is 17.2 Å². The molecule has 21 N–H and O–H groups in total. The third-order valence-corrected chi connectivity index (χ3v) is 13.9. The fraction of sp³-hybridized carbons (Fsp3) is 0.604. The normalized spacial score (nSPS) is 19.0. The quantitative estimate of drug-likeness (QED) is 0.0338. The lowest BCUT2D eigenvalue weighted by Gasteiger charge is -2.28. The van der Waals surface area contributed by atoms with Crippen molar-refractivity contribution in [3.63, 3.8) is 0 Å². The number of hydrogen-bond donors (Lipinski definition) is 21. The van der Waals surface area contributed by atoms with E-state index < -0.39 is 130 Å². The van der Waals surface area contributed by atoms with Gasteiger partial charge in [0.15, 0.2) is 0 Å². The average molecular weight is 1140 g/mol. The van der Waals surface area contributed by atoms with E-state index in [1.165, 1.54) is 18.2 Å². The highest BCUT2D eigenvalue weighted by Crippen LogP contribution is 2.30. The summed E-state index contributed by atoms with van der Waals surface area (Å²) in [6.45, 7) is 3.27. The van der Waals surface area contributed by atoms with E-state index in [-0.39, 0.29) is 53.6 Å². The summed E-state index contributed by atoms with van der Waals surface area (Å²) in [6.07, 6.45) is -21.2. The molecule has 0 saturated carbocycles. The van der Waals surface area contributed by atoms with E-state index in [1.54, 1.807) is 39.0 Å². The summed E-state index contributed by atoms with van der Waals surface area (Å²) in [4.78, 5) is 46.4. The molecule has 450 valence electrons. The third kappa shape index (κ3) is 18.9. The van der Waals surface area contributed by atoms with Gasteiger partial charge in [-0.25, -0.2) is 0 Å². The second-order valence-corrected chi connectivity index (χ2v) is 20.5. The molecule has 0 aromatic heterocycles. The van der Waals surface area contributed by atoms with Gasteiger partial charge < -0.3 is 108 Å². The molecule has 1 saturated heterocycles. The minimum atomic E-state index is -1.95. The number of benzene rings is 3. The van der Waals surface area contributed by atoms with Crippen LogP contribution in [0.15, 0.2) is 36.4 Å². The fourth-order valence-electron chi connectivity index (χ4n) is 9.22. The number of aliphatic hydroxyl groups excluding tert-OH is 15. The number of phenols is 3. The zero-order valence-corrected chi connectivity index (χ0v) is 45.0. The molecule has 4 rings (SSSR count). The molecule has 3 aromatic carbocycles. The van der Waals surface area contributed by atoms with Gasteiger partial charge in [-0.05, 0) is 94.7 Å². The predicted octanol–water partition coefficient (Wildman–Crippen LogP) is -6.17. The summed E-state index contributed by atoms with van der Waals surface area (Å²) >= 11 is 0. The van der Waals surface area contributed by atoms with Gasteiger partial charge >= 0.3 is 0 Å². The van der Waals surface area contributed by atoms with E-state index in [9.17, 15) is 91.0 Å². The summed E-state index contributed by atoms with van der Waals surface area (Å²) in [5.41, 5.74) is 2.31. The zero-order chi connectivity index (χ0) is 59.7. The first-order valence-corrected chi connectivity index (χ1v) is 26.2. The van der Waals surface area contributed by atoms with Crippen molar-refractivity contribution < 1.29 is 106 Å². The Labute approximate surface area is 462 Å². The molecule has 1 aliphatic heterocycles. The van der Waals surface area contributed by atoms with Crippen molar-refractivity contribution in [2.75, 3.05) is 78.7 Å². The minimum absolute atomic E-state index is 0.0919. The topological polar surface area (TPSA) is 461 Å². The Bertz CT molecular complexity index is 2360. The number of amides is 3. The predicted molar refractivity (Wildman–Crippen MR) is 284 cm³/mol. The van der Waals surface area contributed by atoms with E-state index >= 15 is 0 Å². The first kappa shape index (κ1) is 67.3. The molecular weight excluding hydrogens is 1060 g/mol. The van der Waals surface area contributed by atoms with E-state index in [0.717, 1.165) is 0 Å². The van der Waals surface area contributed by atoms with Crippen LogP contribution in [-0.2, 0) is 19.6 Å². The maximum absolute atomic E-state index is 13.5. The Morgan fingerprint density at radius 1 is 0.388 bits per heavy atom. The van der Waals surface area contributed by atoms with Gasteiger partial charge in [0.25, 0.3) is 17.7 Å². The summed E-state index contributed by atoms with van der Waals surface area (Å²) in [5.74, 6) is -3.63. The van der Waals surface area contributed by atoms with Crippen LogP contribution in [0.4, 0.5) is 0 Å². The largest absolute Gasteiger partial charge is 0.507 e. The number of phenolic OH excluding ortho intramolecular Hbond substituents is 3.